The van der Waals surface area contributed by atoms with Gasteiger partial charge in [-0.25, -0.2) is 0 Å². The maximum Gasteiger partial charge on any atom is 0.251 e. The Morgan fingerprint density at radius 3 is 2.59 bits per heavy atom. The van der Waals surface area contributed by atoms with Gasteiger partial charge in [0.25, 0.3) is 5.91 Å². The fourth-order valence-corrected chi connectivity index (χ4v) is 2.68. The van der Waals surface area contributed by atoms with Crippen molar-refractivity contribution in [3.05, 3.63) is 59.7 Å². The smallest absolute Gasteiger partial charge is 0.251 e. The number of ether oxygens (including phenoxy) is 1. The van der Waals surface area contributed by atoms with E-state index >= 15 is 0 Å². The van der Waals surface area contributed by atoms with E-state index in [1.807, 2.05) is 31.2 Å². The summed E-state index contributed by atoms with van der Waals surface area (Å²) < 4.78 is 5.68. The van der Waals surface area contributed by atoms with E-state index in [0.29, 0.717) is 24.4 Å². The van der Waals surface area contributed by atoms with E-state index in [-0.39, 0.29) is 17.7 Å². The molecule has 0 atom stereocenters. The lowest BCUT2D eigenvalue weighted by Gasteiger charge is -2.09. The van der Waals surface area contributed by atoms with Crippen molar-refractivity contribution >= 4 is 17.5 Å². The number of benzene rings is 2. The van der Waals surface area contributed by atoms with Crippen molar-refractivity contribution in [2.45, 2.75) is 32.6 Å². The Balaban J connectivity index is 1.35. The summed E-state index contributed by atoms with van der Waals surface area (Å²) in [4.78, 5) is 24.1. The molecule has 1 aliphatic rings. The fourth-order valence-electron chi connectivity index (χ4n) is 2.68. The number of carbonyl (C=O) groups is 2. The van der Waals surface area contributed by atoms with E-state index in [1.165, 1.54) is 5.56 Å². The third kappa shape index (κ3) is 6.13. The molecule has 5 heteroatoms. The fraction of sp³-hybridized carbons (Fsp3) is 0.364. The Morgan fingerprint density at radius 1 is 1.07 bits per heavy atom. The van der Waals surface area contributed by atoms with E-state index < -0.39 is 0 Å². The second-order valence-electron chi connectivity index (χ2n) is 6.97. The van der Waals surface area contributed by atoms with Gasteiger partial charge in [-0.15, -0.1) is 0 Å². The normalized spacial score (nSPS) is 13.1. The average Bonchev–Trinajstić information content (AvgIpc) is 3.51. The van der Waals surface area contributed by atoms with Crippen LogP contribution in [-0.2, 0) is 4.79 Å². The van der Waals surface area contributed by atoms with Crippen molar-refractivity contribution in [2.75, 3.05) is 18.5 Å². The molecule has 142 valence electrons. The predicted molar refractivity (Wildman–Crippen MR) is 106 cm³/mol. The first kappa shape index (κ1) is 19.0. The maximum atomic E-state index is 12.3. The van der Waals surface area contributed by atoms with Crippen molar-refractivity contribution in [1.82, 2.24) is 5.32 Å². The van der Waals surface area contributed by atoms with Gasteiger partial charge in [-0.05, 0) is 62.9 Å². The lowest BCUT2D eigenvalue weighted by Crippen LogP contribution is -2.25. The number of anilines is 1. The van der Waals surface area contributed by atoms with Crippen molar-refractivity contribution in [3.8, 4) is 5.75 Å². The van der Waals surface area contributed by atoms with Crippen molar-refractivity contribution < 1.29 is 14.3 Å². The molecule has 0 saturated heterocycles. The van der Waals surface area contributed by atoms with Crippen LogP contribution in [0.1, 0.15) is 41.6 Å². The minimum absolute atomic E-state index is 0.0427. The van der Waals surface area contributed by atoms with Gasteiger partial charge >= 0.3 is 0 Å². The van der Waals surface area contributed by atoms with Gasteiger partial charge in [0.1, 0.15) is 5.75 Å². The number of hydrogen-bond acceptors (Lipinski definition) is 3. The van der Waals surface area contributed by atoms with Gasteiger partial charge in [0, 0.05) is 23.7 Å². The van der Waals surface area contributed by atoms with Crippen LogP contribution in [0.2, 0.25) is 0 Å². The Kier molecular flexibility index (Phi) is 6.47. The summed E-state index contributed by atoms with van der Waals surface area (Å²) >= 11 is 0. The molecule has 0 spiro atoms. The highest BCUT2D eigenvalue weighted by Gasteiger charge is 2.29. The Bertz CT molecular complexity index is 782. The summed E-state index contributed by atoms with van der Waals surface area (Å²) in [5, 5.41) is 5.78. The third-order valence-corrected chi connectivity index (χ3v) is 4.49. The van der Waals surface area contributed by atoms with Gasteiger partial charge < -0.3 is 15.4 Å². The average molecular weight is 366 g/mol. The molecule has 2 aromatic rings. The van der Waals surface area contributed by atoms with Crippen LogP contribution in [0.15, 0.2) is 48.5 Å². The van der Waals surface area contributed by atoms with Gasteiger partial charge in [-0.3, -0.25) is 9.59 Å². The van der Waals surface area contributed by atoms with Crippen molar-refractivity contribution in [2.24, 2.45) is 5.92 Å². The molecule has 0 heterocycles. The molecular weight excluding hydrogens is 340 g/mol. The molecule has 1 fully saturated rings. The summed E-state index contributed by atoms with van der Waals surface area (Å²) in [5.74, 6) is 0.928. The lowest BCUT2D eigenvalue weighted by molar-refractivity contribution is -0.117. The van der Waals surface area contributed by atoms with Gasteiger partial charge in [0.2, 0.25) is 5.91 Å². The van der Waals surface area contributed by atoms with E-state index in [9.17, 15) is 9.59 Å². The molecule has 2 aromatic carbocycles. The Hall–Kier alpha value is -2.82. The zero-order valence-corrected chi connectivity index (χ0v) is 15.7. The number of carbonyl (C=O) groups excluding carboxylic acids is 2. The Labute approximate surface area is 160 Å². The maximum absolute atomic E-state index is 12.3. The number of rotatable bonds is 9. The summed E-state index contributed by atoms with van der Waals surface area (Å²) in [6.07, 6.45) is 3.63. The highest BCUT2D eigenvalue weighted by Crippen LogP contribution is 2.30. The van der Waals surface area contributed by atoms with Gasteiger partial charge in [-0.1, -0.05) is 23.8 Å². The Morgan fingerprint density at radius 2 is 1.85 bits per heavy atom. The number of hydrogen-bond donors (Lipinski definition) is 2. The second kappa shape index (κ2) is 9.21. The first-order chi connectivity index (χ1) is 13.1. The van der Waals surface area contributed by atoms with Crippen molar-refractivity contribution in [3.63, 3.8) is 0 Å². The number of nitrogens with one attached hydrogen (secondary N) is 2. The standard InChI is InChI=1S/C22H26N2O3/c1-16-7-11-20(12-8-16)27-14-3-2-13-23-21(25)18-5-4-6-19(15-18)24-22(26)17-9-10-17/h4-8,11-12,15,17H,2-3,9-10,13-14H2,1H3,(H,23,25)(H,24,26). The third-order valence-electron chi connectivity index (χ3n) is 4.49. The predicted octanol–water partition coefficient (Wildman–Crippen LogP) is 3.93. The largest absolute Gasteiger partial charge is 0.494 e. The van der Waals surface area contributed by atoms with E-state index in [2.05, 4.69) is 10.6 Å². The van der Waals surface area contributed by atoms with Crippen molar-refractivity contribution in [1.29, 1.82) is 0 Å². The minimum atomic E-state index is -0.128. The van der Waals surface area contributed by atoms with Gasteiger partial charge in [0.15, 0.2) is 0 Å². The molecule has 5 nitrogen and oxygen atoms in total. The number of aryl methyl sites for hydroxylation is 1. The lowest BCUT2D eigenvalue weighted by atomic mass is 10.2. The molecule has 2 amide bonds. The molecule has 1 aliphatic carbocycles. The first-order valence-corrected chi connectivity index (χ1v) is 9.50. The molecule has 0 aromatic heterocycles. The monoisotopic (exact) mass is 366 g/mol. The zero-order valence-electron chi connectivity index (χ0n) is 15.7. The molecule has 0 radical (unpaired) electrons. The van der Waals surface area contributed by atoms with Crippen LogP contribution in [0.5, 0.6) is 5.75 Å². The summed E-state index contributed by atoms with van der Waals surface area (Å²) in [7, 11) is 0. The highest BCUT2D eigenvalue weighted by molar-refractivity contribution is 5.98. The van der Waals surface area contributed by atoms with E-state index in [0.717, 1.165) is 31.4 Å². The molecule has 2 N–H and O–H groups in total. The minimum Gasteiger partial charge on any atom is -0.494 e. The van der Waals surface area contributed by atoms with Gasteiger partial charge in [-0.2, -0.15) is 0 Å². The van der Waals surface area contributed by atoms with E-state index in [4.69, 9.17) is 4.74 Å². The topological polar surface area (TPSA) is 67.4 Å². The summed E-state index contributed by atoms with van der Waals surface area (Å²) in [6.45, 7) is 3.26. The zero-order chi connectivity index (χ0) is 19.1. The molecule has 1 saturated carbocycles. The summed E-state index contributed by atoms with van der Waals surface area (Å²) in [6, 6.07) is 15.0. The molecule has 0 unspecified atom stereocenters. The quantitative estimate of drug-likeness (QED) is 0.661. The highest BCUT2D eigenvalue weighted by atomic mass is 16.5. The molecule has 0 bridgehead atoms. The summed E-state index contributed by atoms with van der Waals surface area (Å²) in [5.41, 5.74) is 2.44. The van der Waals surface area contributed by atoms with Gasteiger partial charge in [0.05, 0.1) is 6.61 Å². The molecule has 0 aliphatic heterocycles. The van der Waals surface area contributed by atoms with E-state index in [1.54, 1.807) is 24.3 Å². The number of unbranched alkanes of at least 4 members (excludes halogenated alkanes) is 1. The molecule has 27 heavy (non-hydrogen) atoms. The van der Waals surface area contributed by atoms with Crippen LogP contribution in [0.25, 0.3) is 0 Å². The second-order valence-corrected chi connectivity index (χ2v) is 6.97. The van der Waals surface area contributed by atoms with Crippen LogP contribution < -0.4 is 15.4 Å². The first-order valence-electron chi connectivity index (χ1n) is 9.50. The molecular formula is C22H26N2O3. The molecule has 3 rings (SSSR count). The SMILES string of the molecule is Cc1ccc(OCCCCNC(=O)c2cccc(NC(=O)C3CC3)c2)cc1. The van der Waals surface area contributed by atoms with Crippen LogP contribution >= 0.6 is 0 Å². The van der Waals surface area contributed by atoms with Crippen LogP contribution in [-0.4, -0.2) is 25.0 Å². The van der Waals surface area contributed by atoms with Crippen LogP contribution in [0.4, 0.5) is 5.69 Å². The van der Waals surface area contributed by atoms with Crippen LogP contribution in [0.3, 0.4) is 0 Å². The number of amides is 2. The van der Waals surface area contributed by atoms with Crippen LogP contribution in [0, 0.1) is 12.8 Å².